The van der Waals surface area contributed by atoms with Gasteiger partial charge in [-0.25, -0.2) is 0 Å². The zero-order chi connectivity index (χ0) is 8.27. The van der Waals surface area contributed by atoms with Gasteiger partial charge in [0.15, 0.2) is 0 Å². The number of rotatable bonds is 3. The summed E-state index contributed by atoms with van der Waals surface area (Å²) in [5, 5.41) is 17.6. The molecule has 1 aliphatic heterocycles. The molecule has 0 spiro atoms. The fraction of sp³-hybridized carbons (Fsp3) is 0.714. The molecule has 0 aromatic carbocycles. The molecule has 11 heavy (non-hydrogen) atoms. The molecule has 4 nitrogen and oxygen atoms in total. The molecule has 0 saturated carbocycles. The van der Waals surface area contributed by atoms with Crippen LogP contribution in [0.4, 0.5) is 0 Å². The van der Waals surface area contributed by atoms with Gasteiger partial charge in [-0.3, -0.25) is 0 Å². The number of hydrogen-bond acceptors (Lipinski definition) is 4. The zero-order valence-electron chi connectivity index (χ0n) is 6.64. The van der Waals surface area contributed by atoms with Crippen molar-refractivity contribution in [1.29, 1.82) is 0 Å². The molecule has 0 saturated heterocycles. The molecule has 0 radical (unpaired) electrons. The van der Waals surface area contributed by atoms with Gasteiger partial charge < -0.3 is 20.0 Å². The summed E-state index contributed by atoms with van der Waals surface area (Å²) in [6, 6.07) is 0. The Morgan fingerprint density at radius 1 is 1.55 bits per heavy atom. The third-order valence-electron chi connectivity index (χ3n) is 1.59. The first-order valence-corrected chi connectivity index (χ1v) is 3.64. The van der Waals surface area contributed by atoms with Gasteiger partial charge in [0, 0.05) is 26.0 Å². The van der Waals surface area contributed by atoms with E-state index in [2.05, 4.69) is 0 Å². The van der Waals surface area contributed by atoms with Crippen LogP contribution >= 0.6 is 0 Å². The highest BCUT2D eigenvalue weighted by Crippen LogP contribution is 2.03. The van der Waals surface area contributed by atoms with Crippen LogP contribution in [0.5, 0.6) is 0 Å². The number of β-amino-alcohol motifs (C(OH)–C–C–N with tert-alkyl or cyclic N) is 1. The fourth-order valence-electron chi connectivity index (χ4n) is 1.04. The van der Waals surface area contributed by atoms with Gasteiger partial charge >= 0.3 is 0 Å². The summed E-state index contributed by atoms with van der Waals surface area (Å²) in [4.78, 5) is 3.95. The van der Waals surface area contributed by atoms with Crippen molar-refractivity contribution in [3.8, 4) is 0 Å². The molecule has 1 rings (SSSR count). The Morgan fingerprint density at radius 3 is 2.73 bits per heavy atom. The van der Waals surface area contributed by atoms with Crippen molar-refractivity contribution < 1.29 is 10.2 Å². The molecule has 0 fully saturated rings. The number of nitrogens with zero attached hydrogens (tertiary/aromatic N) is 2. The smallest absolute Gasteiger partial charge is 0.0945 e. The van der Waals surface area contributed by atoms with Crippen molar-refractivity contribution in [2.24, 2.45) is 0 Å². The zero-order valence-corrected chi connectivity index (χ0v) is 6.64. The van der Waals surface area contributed by atoms with Crippen LogP contribution in [0.2, 0.25) is 0 Å². The van der Waals surface area contributed by atoms with Crippen molar-refractivity contribution >= 4 is 0 Å². The maximum Gasteiger partial charge on any atom is 0.0945 e. The van der Waals surface area contributed by atoms with E-state index in [1.165, 1.54) is 0 Å². The van der Waals surface area contributed by atoms with E-state index in [0.29, 0.717) is 6.54 Å². The van der Waals surface area contributed by atoms with E-state index in [1.54, 1.807) is 0 Å². The maximum atomic E-state index is 9.06. The molecule has 0 amide bonds. The second-order valence-electron chi connectivity index (χ2n) is 2.80. The van der Waals surface area contributed by atoms with Crippen molar-refractivity contribution in [1.82, 2.24) is 9.80 Å². The SMILES string of the molecule is CN1C=CN(C[C@H](O)CO)C1. The Labute approximate surface area is 66.3 Å². The van der Waals surface area contributed by atoms with E-state index in [-0.39, 0.29) is 6.61 Å². The highest BCUT2D eigenvalue weighted by atomic mass is 16.3. The van der Waals surface area contributed by atoms with Crippen LogP contribution in [0, 0.1) is 0 Å². The standard InChI is InChI=1S/C7H14N2O2/c1-8-2-3-9(6-8)4-7(11)5-10/h2-3,7,10-11H,4-6H2,1H3/t7-/m0/s1. The lowest BCUT2D eigenvalue weighted by Crippen LogP contribution is -2.32. The van der Waals surface area contributed by atoms with Crippen LogP contribution in [0.25, 0.3) is 0 Å². The van der Waals surface area contributed by atoms with Crippen molar-refractivity contribution in [2.45, 2.75) is 6.10 Å². The summed E-state index contributed by atoms with van der Waals surface area (Å²) in [6.45, 7) is 1.11. The lowest BCUT2D eigenvalue weighted by atomic mass is 10.3. The van der Waals surface area contributed by atoms with Crippen LogP contribution in [0.15, 0.2) is 12.4 Å². The molecular formula is C7H14N2O2. The summed E-state index contributed by atoms with van der Waals surface area (Å²) >= 11 is 0. The van der Waals surface area contributed by atoms with E-state index in [1.807, 2.05) is 29.2 Å². The Morgan fingerprint density at radius 2 is 2.27 bits per heavy atom. The van der Waals surface area contributed by atoms with E-state index >= 15 is 0 Å². The van der Waals surface area contributed by atoms with Gasteiger partial charge in [0.05, 0.1) is 19.4 Å². The molecule has 1 atom stereocenters. The molecule has 0 aromatic rings. The van der Waals surface area contributed by atoms with Crippen molar-refractivity contribution in [3.05, 3.63) is 12.4 Å². The van der Waals surface area contributed by atoms with Crippen LogP contribution < -0.4 is 0 Å². The quantitative estimate of drug-likeness (QED) is 0.554. The van der Waals surface area contributed by atoms with E-state index < -0.39 is 6.10 Å². The first-order chi connectivity index (χ1) is 5.22. The van der Waals surface area contributed by atoms with Crippen molar-refractivity contribution in [3.63, 3.8) is 0 Å². The first kappa shape index (κ1) is 8.36. The van der Waals surface area contributed by atoms with Gasteiger partial charge in [-0.15, -0.1) is 0 Å². The second-order valence-corrected chi connectivity index (χ2v) is 2.80. The predicted octanol–water partition coefficient (Wildman–Crippen LogP) is -0.984. The van der Waals surface area contributed by atoms with Gasteiger partial charge in [0.2, 0.25) is 0 Å². The third kappa shape index (κ3) is 2.40. The third-order valence-corrected chi connectivity index (χ3v) is 1.59. The molecule has 1 heterocycles. The first-order valence-electron chi connectivity index (χ1n) is 3.64. The van der Waals surface area contributed by atoms with Crippen molar-refractivity contribution in [2.75, 3.05) is 26.9 Å². The molecule has 1 aliphatic rings. The van der Waals surface area contributed by atoms with Gasteiger partial charge in [0.1, 0.15) is 0 Å². The molecule has 0 unspecified atom stereocenters. The molecular weight excluding hydrogens is 144 g/mol. The molecule has 4 heteroatoms. The van der Waals surface area contributed by atoms with Crippen LogP contribution in [0.3, 0.4) is 0 Å². The Balaban J connectivity index is 2.24. The van der Waals surface area contributed by atoms with E-state index in [9.17, 15) is 0 Å². The topological polar surface area (TPSA) is 46.9 Å². The minimum atomic E-state index is -0.633. The monoisotopic (exact) mass is 158 g/mol. The molecule has 0 bridgehead atoms. The minimum Gasteiger partial charge on any atom is -0.394 e. The summed E-state index contributed by atoms with van der Waals surface area (Å²) in [6.07, 6.45) is 3.20. The summed E-state index contributed by atoms with van der Waals surface area (Å²) in [5.74, 6) is 0. The minimum absolute atomic E-state index is 0.173. The van der Waals surface area contributed by atoms with Crippen LogP contribution in [-0.4, -0.2) is 53.0 Å². The molecule has 0 aromatic heterocycles. The highest BCUT2D eigenvalue weighted by molar-refractivity contribution is 4.89. The highest BCUT2D eigenvalue weighted by Gasteiger charge is 2.11. The largest absolute Gasteiger partial charge is 0.394 e. The summed E-state index contributed by atoms with van der Waals surface area (Å²) < 4.78 is 0. The van der Waals surface area contributed by atoms with E-state index in [4.69, 9.17) is 10.2 Å². The van der Waals surface area contributed by atoms with Gasteiger partial charge in [-0.1, -0.05) is 0 Å². The maximum absolute atomic E-state index is 9.06. The molecule has 0 aliphatic carbocycles. The summed E-state index contributed by atoms with van der Waals surface area (Å²) in [7, 11) is 1.96. The van der Waals surface area contributed by atoms with Gasteiger partial charge in [-0.05, 0) is 0 Å². The predicted molar refractivity (Wildman–Crippen MR) is 41.6 cm³/mol. The number of aliphatic hydroxyl groups excluding tert-OH is 2. The average Bonchev–Trinajstić information content (AvgIpc) is 2.35. The number of hydrogen-bond donors (Lipinski definition) is 2. The Hall–Kier alpha value is -0.740. The Bertz CT molecular complexity index is 149. The van der Waals surface area contributed by atoms with Gasteiger partial charge in [-0.2, -0.15) is 0 Å². The summed E-state index contributed by atoms with van der Waals surface area (Å²) in [5.41, 5.74) is 0. The lowest BCUT2D eigenvalue weighted by molar-refractivity contribution is 0.0683. The van der Waals surface area contributed by atoms with Gasteiger partial charge in [0.25, 0.3) is 0 Å². The second kappa shape index (κ2) is 3.59. The molecule has 64 valence electrons. The number of aliphatic hydroxyl groups is 2. The van der Waals surface area contributed by atoms with Crippen LogP contribution in [-0.2, 0) is 0 Å². The lowest BCUT2D eigenvalue weighted by Gasteiger charge is -2.20. The van der Waals surface area contributed by atoms with Crippen LogP contribution in [0.1, 0.15) is 0 Å². The normalized spacial score (nSPS) is 19.5. The average molecular weight is 158 g/mol. The molecule has 2 N–H and O–H groups in total. The fourth-order valence-corrected chi connectivity index (χ4v) is 1.04. The van der Waals surface area contributed by atoms with E-state index in [0.717, 1.165) is 6.67 Å². The Kier molecular flexibility index (Phi) is 2.73.